The summed E-state index contributed by atoms with van der Waals surface area (Å²) in [4.78, 5) is 21.7. The van der Waals surface area contributed by atoms with E-state index in [0.717, 1.165) is 51.4 Å². The molecule has 0 saturated heterocycles. The first kappa shape index (κ1) is 24.8. The lowest BCUT2D eigenvalue weighted by Crippen LogP contribution is -2.16. The summed E-state index contributed by atoms with van der Waals surface area (Å²) < 4.78 is 4.60. The van der Waals surface area contributed by atoms with Crippen LogP contribution in [-0.4, -0.2) is 29.2 Å². The molecule has 26 heavy (non-hydrogen) atoms. The maximum Gasteiger partial charge on any atom is 0.305 e. The average Bonchev–Trinajstić information content (AvgIpc) is 2.61. The van der Waals surface area contributed by atoms with Crippen LogP contribution in [0.1, 0.15) is 96.8 Å². The molecule has 0 heterocycles. The quantitative estimate of drug-likeness (QED) is 0.0775. The Hall–Kier alpha value is -1.17. The maximum absolute atomic E-state index is 11.0. The summed E-state index contributed by atoms with van der Waals surface area (Å²) in [6, 6.07) is 0. The van der Waals surface area contributed by atoms with Gasteiger partial charge in [0.05, 0.1) is 17.6 Å². The highest BCUT2D eigenvalue weighted by atomic mass is 35.5. The van der Waals surface area contributed by atoms with Crippen LogP contribution in [0.15, 0.2) is 5.10 Å². The Bertz CT molecular complexity index is 416. The summed E-state index contributed by atoms with van der Waals surface area (Å²) in [7, 11) is 1.40. The summed E-state index contributed by atoms with van der Waals surface area (Å²) in [6.07, 6.45) is 13.4. The summed E-state index contributed by atoms with van der Waals surface area (Å²) in [6.45, 7) is 2.18. The molecule has 7 heteroatoms. The van der Waals surface area contributed by atoms with Crippen LogP contribution >= 0.6 is 11.6 Å². The van der Waals surface area contributed by atoms with E-state index in [2.05, 4.69) is 16.8 Å². The Balaban J connectivity index is 3.95. The van der Waals surface area contributed by atoms with Gasteiger partial charge in [-0.05, 0) is 25.7 Å². The zero-order valence-electron chi connectivity index (χ0n) is 16.4. The van der Waals surface area contributed by atoms with Crippen LogP contribution in [-0.2, 0) is 9.53 Å². The molecule has 0 saturated carbocycles. The first-order valence-electron chi connectivity index (χ1n) is 9.93. The molecule has 0 N–H and O–H groups in total. The molecule has 0 fully saturated rings. The number of ether oxygens (including phenoxy) is 1. The van der Waals surface area contributed by atoms with Crippen LogP contribution in [0.5, 0.6) is 0 Å². The monoisotopic (exact) mass is 390 g/mol. The van der Waals surface area contributed by atoms with Gasteiger partial charge in [0.2, 0.25) is 0 Å². The number of hydrogen-bond donors (Lipinski definition) is 0. The molecule has 0 aromatic carbocycles. The van der Waals surface area contributed by atoms with Gasteiger partial charge < -0.3 is 4.74 Å². The Kier molecular flexibility index (Phi) is 16.5. The number of hydrazone groups is 1. The predicted octanol–water partition coefficient (Wildman–Crippen LogP) is 5.88. The third-order valence-electron chi connectivity index (χ3n) is 4.42. The molecule has 0 aromatic rings. The minimum atomic E-state index is -0.630. The molecule has 0 spiro atoms. The fraction of sp³-hybridized carbons (Fsp3) is 0.895. The third kappa shape index (κ3) is 15.1. The van der Waals surface area contributed by atoms with Crippen molar-refractivity contribution < 1.29 is 14.6 Å². The summed E-state index contributed by atoms with van der Waals surface area (Å²) in [5, 5.41) is 13.3. The Labute approximate surface area is 162 Å². The molecule has 0 radical (unpaired) electrons. The van der Waals surface area contributed by atoms with Crippen LogP contribution in [0.4, 0.5) is 0 Å². The number of rotatable bonds is 17. The van der Waals surface area contributed by atoms with E-state index in [9.17, 15) is 14.9 Å². The van der Waals surface area contributed by atoms with Gasteiger partial charge in [-0.25, -0.2) is 10.1 Å². The van der Waals surface area contributed by atoms with E-state index in [1.165, 1.54) is 26.4 Å². The maximum atomic E-state index is 11.0. The lowest BCUT2D eigenvalue weighted by Gasteiger charge is -2.10. The second kappa shape index (κ2) is 17.3. The fourth-order valence-electron chi connectivity index (χ4n) is 2.85. The number of esters is 1. The smallest absolute Gasteiger partial charge is 0.305 e. The molecule has 0 aliphatic heterocycles. The van der Waals surface area contributed by atoms with Crippen molar-refractivity contribution in [2.75, 3.05) is 7.11 Å². The zero-order valence-corrected chi connectivity index (χ0v) is 17.1. The predicted molar refractivity (Wildman–Crippen MR) is 106 cm³/mol. The van der Waals surface area contributed by atoms with Crippen LogP contribution in [0.25, 0.3) is 0 Å². The number of alkyl halides is 1. The van der Waals surface area contributed by atoms with E-state index >= 15 is 0 Å². The van der Waals surface area contributed by atoms with Gasteiger partial charge in [0.15, 0.2) is 5.03 Å². The molecule has 0 amide bonds. The molecule has 0 aliphatic rings. The Morgan fingerprint density at radius 2 is 1.54 bits per heavy atom. The van der Waals surface area contributed by atoms with Crippen molar-refractivity contribution in [1.29, 1.82) is 0 Å². The minimum absolute atomic E-state index is 0.166. The molecule has 0 rings (SSSR count). The SMILES string of the molecule is CCCCCCCCC(=N[N+](=O)[O-])C(Cl)CCCCCCCC(=O)OC. The molecular weight excluding hydrogens is 356 g/mol. The van der Waals surface area contributed by atoms with Crippen LogP contribution in [0, 0.1) is 10.1 Å². The zero-order chi connectivity index (χ0) is 19.6. The van der Waals surface area contributed by atoms with Gasteiger partial charge in [-0.2, -0.15) is 0 Å². The number of nitro groups is 1. The minimum Gasteiger partial charge on any atom is -0.469 e. The van der Waals surface area contributed by atoms with E-state index in [0.29, 0.717) is 25.0 Å². The van der Waals surface area contributed by atoms with Crippen molar-refractivity contribution in [3.63, 3.8) is 0 Å². The van der Waals surface area contributed by atoms with Crippen LogP contribution in [0.3, 0.4) is 0 Å². The van der Waals surface area contributed by atoms with Crippen LogP contribution < -0.4 is 0 Å². The molecule has 1 atom stereocenters. The van der Waals surface area contributed by atoms with E-state index in [4.69, 9.17) is 11.6 Å². The second-order valence-corrected chi connectivity index (χ2v) is 7.22. The van der Waals surface area contributed by atoms with Crippen molar-refractivity contribution in [2.45, 2.75) is 102 Å². The van der Waals surface area contributed by atoms with Crippen molar-refractivity contribution in [3.05, 3.63) is 10.1 Å². The van der Waals surface area contributed by atoms with Crippen molar-refractivity contribution in [3.8, 4) is 0 Å². The van der Waals surface area contributed by atoms with Crippen molar-refractivity contribution >= 4 is 23.3 Å². The second-order valence-electron chi connectivity index (χ2n) is 6.70. The van der Waals surface area contributed by atoms with Crippen molar-refractivity contribution in [1.82, 2.24) is 0 Å². The Morgan fingerprint density at radius 3 is 2.12 bits per heavy atom. The van der Waals surface area contributed by atoms with Gasteiger partial charge in [-0.3, -0.25) is 4.79 Å². The number of carbonyl (C=O) groups excluding carboxylic acids is 1. The number of halogens is 1. The molecule has 0 bridgehead atoms. The van der Waals surface area contributed by atoms with Gasteiger partial charge in [-0.15, -0.1) is 11.6 Å². The van der Waals surface area contributed by atoms with Gasteiger partial charge in [0.1, 0.15) is 5.71 Å². The molecular formula is C19H35ClN2O4. The van der Waals surface area contributed by atoms with Gasteiger partial charge in [0, 0.05) is 6.42 Å². The number of hydrogen-bond acceptors (Lipinski definition) is 4. The molecule has 0 aliphatic carbocycles. The van der Waals surface area contributed by atoms with E-state index in [-0.39, 0.29) is 11.3 Å². The highest BCUT2D eigenvalue weighted by molar-refractivity contribution is 6.32. The summed E-state index contributed by atoms with van der Waals surface area (Å²) >= 11 is 6.36. The lowest BCUT2D eigenvalue weighted by molar-refractivity contribution is -0.485. The highest BCUT2D eigenvalue weighted by Crippen LogP contribution is 2.17. The number of nitrogens with zero attached hydrogens (tertiary/aromatic N) is 2. The van der Waals surface area contributed by atoms with E-state index in [1.807, 2.05) is 0 Å². The van der Waals surface area contributed by atoms with Crippen LogP contribution in [0.2, 0.25) is 0 Å². The third-order valence-corrected chi connectivity index (χ3v) is 4.89. The number of methoxy groups -OCH3 is 1. The largest absolute Gasteiger partial charge is 0.469 e. The number of carbonyl (C=O) groups is 1. The van der Waals surface area contributed by atoms with Crippen molar-refractivity contribution in [2.24, 2.45) is 5.10 Å². The highest BCUT2D eigenvalue weighted by Gasteiger charge is 2.16. The molecule has 6 nitrogen and oxygen atoms in total. The summed E-state index contributed by atoms with van der Waals surface area (Å²) in [5.74, 6) is -0.166. The first-order valence-corrected chi connectivity index (χ1v) is 10.4. The van der Waals surface area contributed by atoms with Gasteiger partial charge in [0.25, 0.3) is 0 Å². The molecule has 0 aromatic heterocycles. The Morgan fingerprint density at radius 1 is 1.00 bits per heavy atom. The fourth-order valence-corrected chi connectivity index (χ4v) is 3.16. The first-order chi connectivity index (χ1) is 12.5. The topological polar surface area (TPSA) is 81.8 Å². The standard InChI is InChI=1S/C19H35ClN2O4/c1-3-4-5-6-9-12-15-18(21-22(24)25)17(20)14-11-8-7-10-13-16-19(23)26-2/h17H,3-16H2,1-2H3. The average molecular weight is 391 g/mol. The van der Waals surface area contributed by atoms with Gasteiger partial charge in [-0.1, -0.05) is 64.7 Å². The molecule has 1 unspecified atom stereocenters. The normalized spacial score (nSPS) is 12.8. The number of unbranched alkanes of at least 4 members (excludes halogenated alkanes) is 9. The van der Waals surface area contributed by atoms with E-state index < -0.39 is 5.03 Å². The van der Waals surface area contributed by atoms with Gasteiger partial charge >= 0.3 is 5.97 Å². The lowest BCUT2D eigenvalue weighted by atomic mass is 10.0. The van der Waals surface area contributed by atoms with E-state index in [1.54, 1.807) is 0 Å². The summed E-state index contributed by atoms with van der Waals surface area (Å²) in [5.41, 5.74) is 0.512. The molecule has 152 valence electrons.